The average molecular weight is 451 g/mol. The van der Waals surface area contributed by atoms with E-state index < -0.39 is 0 Å². The fourth-order valence-corrected chi connectivity index (χ4v) is 4.96. The highest BCUT2D eigenvalue weighted by Gasteiger charge is 2.18. The van der Waals surface area contributed by atoms with Crippen molar-refractivity contribution >= 4 is 34.3 Å². The predicted octanol–water partition coefficient (Wildman–Crippen LogP) is 3.53. The number of imidazole rings is 1. The normalized spacial score (nSPS) is 17.1. The first-order valence-corrected chi connectivity index (χ1v) is 11.6. The average Bonchev–Trinajstić information content (AvgIpc) is 3.48. The topological polar surface area (TPSA) is 93.2 Å². The number of aldehydes is 1. The number of carbonyl (C=O) groups excluding carboxylic acids is 1. The number of nitrogens with one attached hydrogen (secondary N) is 1. The Balaban J connectivity index is 1.38. The second-order valence-electron chi connectivity index (χ2n) is 8.48. The zero-order chi connectivity index (χ0) is 22.1. The van der Waals surface area contributed by atoms with Crippen LogP contribution in [0.5, 0.6) is 0 Å². The number of hydrogen-bond donors (Lipinski definition) is 1. The van der Waals surface area contributed by atoms with E-state index in [1.807, 2.05) is 23.7 Å². The van der Waals surface area contributed by atoms with Crippen LogP contribution < -0.4 is 5.32 Å². The van der Waals surface area contributed by atoms with Crippen LogP contribution in [0.1, 0.15) is 31.2 Å². The van der Waals surface area contributed by atoms with Crippen LogP contribution in [0, 0.1) is 12.8 Å². The molecule has 0 radical (unpaired) electrons. The maximum absolute atomic E-state index is 10.8. The van der Waals surface area contributed by atoms with E-state index in [0.717, 1.165) is 65.1 Å². The Kier molecular flexibility index (Phi) is 5.71. The predicted molar refractivity (Wildman–Crippen MR) is 124 cm³/mol. The number of rotatable bonds is 7. The van der Waals surface area contributed by atoms with Crippen LogP contribution in [0.3, 0.4) is 0 Å². The summed E-state index contributed by atoms with van der Waals surface area (Å²) in [4.78, 5) is 22.5. The van der Waals surface area contributed by atoms with Crippen molar-refractivity contribution in [3.05, 3.63) is 42.2 Å². The molecule has 0 amide bonds. The van der Waals surface area contributed by atoms with Gasteiger partial charge in [-0.25, -0.2) is 9.97 Å². The highest BCUT2D eigenvalue weighted by atomic mass is 32.1. The molecule has 1 atom stereocenters. The standard InChI is InChI=1S/C22H26N8OS/c1-15-4-3-5-28(11-15)14-18-8-20(32-27-18)26-21-22-23-10-19(30(22)12-16(2)25-21)17-9-24-29(13-17)6-7-31/h7-10,12-13,15H,3-6,11,14H2,1-2H3,(H,25,26)/t15-/m1/s1. The van der Waals surface area contributed by atoms with Crippen molar-refractivity contribution in [2.45, 2.75) is 39.8 Å². The second kappa shape index (κ2) is 8.79. The molecule has 0 saturated carbocycles. The number of aryl methyl sites for hydroxylation is 1. The number of likely N-dealkylation sites (tertiary alicyclic amines) is 1. The molecule has 0 aromatic carbocycles. The van der Waals surface area contributed by atoms with Gasteiger partial charge in [0.15, 0.2) is 11.5 Å². The first-order chi connectivity index (χ1) is 15.6. The second-order valence-corrected chi connectivity index (χ2v) is 9.28. The third-order valence-corrected chi connectivity index (χ3v) is 6.47. The minimum atomic E-state index is 0.230. The largest absolute Gasteiger partial charge is 0.328 e. The van der Waals surface area contributed by atoms with Crippen molar-refractivity contribution in [2.24, 2.45) is 5.92 Å². The van der Waals surface area contributed by atoms with Gasteiger partial charge in [-0.1, -0.05) is 6.92 Å². The number of hydrogen-bond acceptors (Lipinski definition) is 8. The molecule has 0 aliphatic carbocycles. The fraction of sp³-hybridized carbons (Fsp3) is 0.409. The zero-order valence-corrected chi connectivity index (χ0v) is 19.0. The van der Waals surface area contributed by atoms with Crippen LogP contribution >= 0.6 is 11.5 Å². The molecule has 1 aliphatic rings. The maximum Gasteiger partial charge on any atom is 0.180 e. The van der Waals surface area contributed by atoms with Gasteiger partial charge in [-0.05, 0) is 49.8 Å². The summed E-state index contributed by atoms with van der Waals surface area (Å²) in [7, 11) is 0. The van der Waals surface area contributed by atoms with Crippen molar-refractivity contribution in [1.29, 1.82) is 0 Å². The lowest BCUT2D eigenvalue weighted by atomic mass is 10.0. The van der Waals surface area contributed by atoms with Crippen LogP contribution in [-0.4, -0.2) is 52.8 Å². The van der Waals surface area contributed by atoms with Gasteiger partial charge in [0.05, 0.1) is 36.0 Å². The van der Waals surface area contributed by atoms with Crippen LogP contribution in [0.2, 0.25) is 0 Å². The van der Waals surface area contributed by atoms with Crippen molar-refractivity contribution in [3.63, 3.8) is 0 Å². The van der Waals surface area contributed by atoms with Gasteiger partial charge in [0, 0.05) is 31.0 Å². The molecule has 4 aromatic rings. The van der Waals surface area contributed by atoms with Gasteiger partial charge in [-0.2, -0.15) is 9.47 Å². The van der Waals surface area contributed by atoms with Crippen molar-refractivity contribution in [2.75, 3.05) is 18.4 Å². The molecule has 166 valence electrons. The number of piperidine rings is 1. The molecule has 1 fully saturated rings. The van der Waals surface area contributed by atoms with Crippen molar-refractivity contribution in [3.8, 4) is 11.3 Å². The molecule has 5 rings (SSSR count). The van der Waals surface area contributed by atoms with Crippen LogP contribution in [0.25, 0.3) is 16.9 Å². The summed E-state index contributed by atoms with van der Waals surface area (Å²) < 4.78 is 8.26. The molecule has 5 heterocycles. The van der Waals surface area contributed by atoms with E-state index in [4.69, 9.17) is 0 Å². The van der Waals surface area contributed by atoms with Gasteiger partial charge in [-0.3, -0.25) is 14.0 Å². The molecule has 0 bridgehead atoms. The van der Waals surface area contributed by atoms with Crippen LogP contribution in [0.4, 0.5) is 10.8 Å². The summed E-state index contributed by atoms with van der Waals surface area (Å²) in [5, 5.41) is 8.61. The van der Waals surface area contributed by atoms with Crippen LogP contribution in [0.15, 0.2) is 30.9 Å². The van der Waals surface area contributed by atoms with E-state index in [0.29, 0.717) is 5.82 Å². The van der Waals surface area contributed by atoms with E-state index >= 15 is 0 Å². The lowest BCUT2D eigenvalue weighted by Crippen LogP contribution is -2.33. The molecule has 1 aliphatic heterocycles. The SMILES string of the molecule is Cc1cn2c(-c3cnn(CC=O)c3)cnc2c(Nc2cc(CN3CCC[C@@H](C)C3)ns2)n1. The summed E-state index contributed by atoms with van der Waals surface area (Å²) in [5.41, 5.74) is 4.48. The molecule has 32 heavy (non-hydrogen) atoms. The first-order valence-electron chi connectivity index (χ1n) is 10.8. The number of aromatic nitrogens is 6. The highest BCUT2D eigenvalue weighted by Crippen LogP contribution is 2.28. The Morgan fingerprint density at radius 1 is 1.31 bits per heavy atom. The molecule has 10 heteroatoms. The smallest absolute Gasteiger partial charge is 0.180 e. The monoisotopic (exact) mass is 450 g/mol. The summed E-state index contributed by atoms with van der Waals surface area (Å²) >= 11 is 1.45. The summed E-state index contributed by atoms with van der Waals surface area (Å²) in [6.45, 7) is 7.68. The fourth-order valence-electron chi connectivity index (χ4n) is 4.30. The minimum Gasteiger partial charge on any atom is -0.328 e. The van der Waals surface area contributed by atoms with Crippen molar-refractivity contribution in [1.82, 2.24) is 33.4 Å². The Morgan fingerprint density at radius 2 is 2.22 bits per heavy atom. The lowest BCUT2D eigenvalue weighted by molar-refractivity contribution is -0.108. The third-order valence-electron chi connectivity index (χ3n) is 5.73. The quantitative estimate of drug-likeness (QED) is 0.431. The summed E-state index contributed by atoms with van der Waals surface area (Å²) in [6, 6.07) is 2.11. The molecular weight excluding hydrogens is 424 g/mol. The van der Waals surface area contributed by atoms with Crippen molar-refractivity contribution < 1.29 is 4.79 Å². The van der Waals surface area contributed by atoms with Gasteiger partial charge in [-0.15, -0.1) is 0 Å². The molecule has 1 N–H and O–H groups in total. The van der Waals surface area contributed by atoms with Crippen LogP contribution in [-0.2, 0) is 17.9 Å². The molecule has 0 unspecified atom stereocenters. The first kappa shape index (κ1) is 20.8. The lowest BCUT2D eigenvalue weighted by Gasteiger charge is -2.30. The van der Waals surface area contributed by atoms with E-state index in [1.165, 1.54) is 24.4 Å². The number of carbonyl (C=O) groups is 1. The third kappa shape index (κ3) is 4.28. The maximum atomic E-state index is 10.8. The molecule has 1 saturated heterocycles. The van der Waals surface area contributed by atoms with E-state index in [9.17, 15) is 4.79 Å². The van der Waals surface area contributed by atoms with E-state index in [1.54, 1.807) is 17.1 Å². The zero-order valence-electron chi connectivity index (χ0n) is 18.2. The van der Waals surface area contributed by atoms with Gasteiger partial charge >= 0.3 is 0 Å². The van der Waals surface area contributed by atoms with E-state index in [-0.39, 0.29) is 6.54 Å². The van der Waals surface area contributed by atoms with Gasteiger partial charge in [0.1, 0.15) is 11.3 Å². The number of anilines is 2. The highest BCUT2D eigenvalue weighted by molar-refractivity contribution is 7.10. The van der Waals surface area contributed by atoms with E-state index in [2.05, 4.69) is 42.6 Å². The molecule has 0 spiro atoms. The number of nitrogens with zero attached hydrogens (tertiary/aromatic N) is 7. The summed E-state index contributed by atoms with van der Waals surface area (Å²) in [5.74, 6) is 1.45. The Labute approximate surface area is 190 Å². The Hall–Kier alpha value is -3.11. The Morgan fingerprint density at radius 3 is 3.06 bits per heavy atom. The summed E-state index contributed by atoms with van der Waals surface area (Å²) in [6.07, 6.45) is 10.8. The Bertz CT molecular complexity index is 1240. The number of fused-ring (bicyclic) bond motifs is 1. The molecule has 9 nitrogen and oxygen atoms in total. The van der Waals surface area contributed by atoms with Gasteiger partial charge in [0.25, 0.3) is 0 Å². The minimum absolute atomic E-state index is 0.230. The molecular formula is C22H26N8OS. The van der Waals surface area contributed by atoms with Gasteiger partial charge in [0.2, 0.25) is 0 Å². The van der Waals surface area contributed by atoms with Gasteiger partial charge < -0.3 is 10.1 Å². The molecule has 4 aromatic heterocycles.